The van der Waals surface area contributed by atoms with Gasteiger partial charge in [-0.05, 0) is 36.2 Å². The van der Waals surface area contributed by atoms with Crippen molar-refractivity contribution in [3.8, 4) is 11.5 Å². The number of nitrogens with one attached hydrogen (secondary N) is 1. The first kappa shape index (κ1) is 23.3. The number of carbonyl (C=O) groups excluding carboxylic acids is 1. The van der Waals surface area contributed by atoms with Gasteiger partial charge >= 0.3 is 0 Å². The average molecular weight is 451 g/mol. The minimum Gasteiger partial charge on any atom is -0.493 e. The van der Waals surface area contributed by atoms with E-state index in [1.54, 1.807) is 24.3 Å². The van der Waals surface area contributed by atoms with Crippen LogP contribution in [0.2, 0.25) is 5.02 Å². The molecule has 1 aliphatic rings. The zero-order valence-corrected chi connectivity index (χ0v) is 18.6. The van der Waals surface area contributed by atoms with Crippen LogP contribution in [0.4, 0.5) is 4.39 Å². The number of halogens is 2. The van der Waals surface area contributed by atoms with Gasteiger partial charge in [0, 0.05) is 25.2 Å². The van der Waals surface area contributed by atoms with Gasteiger partial charge in [0.1, 0.15) is 5.82 Å². The van der Waals surface area contributed by atoms with E-state index in [1.165, 1.54) is 19.2 Å². The van der Waals surface area contributed by atoms with Crippen LogP contribution in [0.25, 0.3) is 0 Å². The van der Waals surface area contributed by atoms with E-state index in [2.05, 4.69) is 10.2 Å². The molecule has 168 valence electrons. The van der Waals surface area contributed by atoms with Gasteiger partial charge in [0.25, 0.3) is 5.91 Å². The van der Waals surface area contributed by atoms with Crippen molar-refractivity contribution < 1.29 is 23.4 Å². The summed E-state index contributed by atoms with van der Waals surface area (Å²) < 4.78 is 29.9. The highest BCUT2D eigenvalue weighted by Gasteiger charge is 2.24. The summed E-state index contributed by atoms with van der Waals surface area (Å²) in [4.78, 5) is 15.1. The number of ether oxygens (including phenoxy) is 3. The lowest BCUT2D eigenvalue weighted by atomic mass is 10.0. The molecule has 0 saturated carbocycles. The van der Waals surface area contributed by atoms with Gasteiger partial charge in [-0.1, -0.05) is 30.7 Å². The molecule has 3 rings (SSSR count). The summed E-state index contributed by atoms with van der Waals surface area (Å²) >= 11 is 6.35. The third-order valence-corrected chi connectivity index (χ3v) is 5.42. The van der Waals surface area contributed by atoms with Crippen LogP contribution in [0.5, 0.6) is 11.5 Å². The molecule has 0 radical (unpaired) electrons. The number of hydrogen-bond donors (Lipinski definition) is 1. The molecule has 31 heavy (non-hydrogen) atoms. The summed E-state index contributed by atoms with van der Waals surface area (Å²) in [6.45, 7) is 5.57. The van der Waals surface area contributed by atoms with Crippen LogP contribution in [0.15, 0.2) is 36.4 Å². The van der Waals surface area contributed by atoms with Crippen LogP contribution in [0, 0.1) is 5.82 Å². The fourth-order valence-corrected chi connectivity index (χ4v) is 3.78. The molecule has 1 heterocycles. The first-order valence-corrected chi connectivity index (χ1v) is 10.8. The van der Waals surface area contributed by atoms with Crippen molar-refractivity contribution >= 4 is 17.5 Å². The fraction of sp³-hybridized carbons (Fsp3) is 0.435. The third-order valence-electron chi connectivity index (χ3n) is 5.14. The Morgan fingerprint density at radius 3 is 2.61 bits per heavy atom. The number of carbonyl (C=O) groups is 1. The molecule has 1 saturated heterocycles. The van der Waals surface area contributed by atoms with Crippen molar-refractivity contribution in [1.29, 1.82) is 0 Å². The zero-order chi connectivity index (χ0) is 22.2. The number of morpholine rings is 1. The van der Waals surface area contributed by atoms with Gasteiger partial charge in [0.15, 0.2) is 11.5 Å². The van der Waals surface area contributed by atoms with Crippen LogP contribution >= 0.6 is 11.6 Å². The van der Waals surface area contributed by atoms with Gasteiger partial charge in [-0.25, -0.2) is 4.39 Å². The summed E-state index contributed by atoms with van der Waals surface area (Å²) in [5.74, 6) is 0.276. The van der Waals surface area contributed by atoms with Gasteiger partial charge in [0.05, 0.1) is 38.0 Å². The Morgan fingerprint density at radius 2 is 1.97 bits per heavy atom. The topological polar surface area (TPSA) is 60.0 Å². The fourth-order valence-electron chi connectivity index (χ4n) is 3.52. The third kappa shape index (κ3) is 6.09. The Balaban J connectivity index is 1.75. The van der Waals surface area contributed by atoms with E-state index in [1.807, 2.05) is 6.92 Å². The van der Waals surface area contributed by atoms with Gasteiger partial charge in [0.2, 0.25) is 0 Å². The van der Waals surface area contributed by atoms with E-state index >= 15 is 0 Å². The van der Waals surface area contributed by atoms with Crippen molar-refractivity contribution in [3.63, 3.8) is 0 Å². The molecule has 1 aliphatic heterocycles. The number of hydrogen-bond acceptors (Lipinski definition) is 5. The monoisotopic (exact) mass is 450 g/mol. The van der Waals surface area contributed by atoms with Gasteiger partial charge in [-0.3, -0.25) is 9.69 Å². The highest BCUT2D eigenvalue weighted by Crippen LogP contribution is 2.36. The first-order chi connectivity index (χ1) is 15.0. The first-order valence-electron chi connectivity index (χ1n) is 10.4. The maximum absolute atomic E-state index is 13.4. The number of benzene rings is 2. The molecule has 0 aromatic heterocycles. The average Bonchev–Trinajstić information content (AvgIpc) is 2.79. The number of nitrogens with zero attached hydrogens (tertiary/aromatic N) is 1. The van der Waals surface area contributed by atoms with Crippen LogP contribution in [-0.4, -0.2) is 57.4 Å². The molecule has 6 nitrogen and oxygen atoms in total. The second-order valence-corrected chi connectivity index (χ2v) is 7.67. The summed E-state index contributed by atoms with van der Waals surface area (Å²) in [5.41, 5.74) is 1.31. The molecule has 0 spiro atoms. The number of rotatable bonds is 9. The molecule has 1 amide bonds. The molecular weight excluding hydrogens is 423 g/mol. The number of amides is 1. The quantitative estimate of drug-likeness (QED) is 0.623. The Morgan fingerprint density at radius 1 is 1.26 bits per heavy atom. The van der Waals surface area contributed by atoms with Crippen molar-refractivity contribution in [2.75, 3.05) is 46.6 Å². The Bertz CT molecular complexity index is 873. The molecular formula is C23H28ClFN2O4. The molecule has 8 heteroatoms. The van der Waals surface area contributed by atoms with Gasteiger partial charge in [-0.15, -0.1) is 0 Å². The van der Waals surface area contributed by atoms with Crippen LogP contribution in [0.3, 0.4) is 0 Å². The minimum absolute atomic E-state index is 0.0991. The van der Waals surface area contributed by atoms with Crippen molar-refractivity contribution in [1.82, 2.24) is 10.2 Å². The van der Waals surface area contributed by atoms with Crippen LogP contribution in [-0.2, 0) is 4.74 Å². The van der Waals surface area contributed by atoms with Gasteiger partial charge < -0.3 is 19.5 Å². The molecule has 0 aliphatic carbocycles. The highest BCUT2D eigenvalue weighted by molar-refractivity contribution is 6.32. The predicted molar refractivity (Wildman–Crippen MR) is 118 cm³/mol. The lowest BCUT2D eigenvalue weighted by molar-refractivity contribution is 0.0162. The van der Waals surface area contributed by atoms with E-state index in [0.29, 0.717) is 48.5 Å². The number of methoxy groups -OCH3 is 1. The Labute approximate surface area is 187 Å². The summed E-state index contributed by atoms with van der Waals surface area (Å²) in [5, 5.41) is 3.30. The minimum atomic E-state index is -0.291. The van der Waals surface area contributed by atoms with E-state index in [4.69, 9.17) is 25.8 Å². The van der Waals surface area contributed by atoms with Gasteiger partial charge in [-0.2, -0.15) is 0 Å². The Hall–Kier alpha value is -2.35. The standard InChI is InChI=1S/C23H28ClFN2O4/c1-3-10-31-22-19(24)13-17(14-21(22)29-2)23(28)26-15-20(27-8-11-30-12-9-27)16-4-6-18(25)7-5-16/h4-7,13-14,20H,3,8-12,15H2,1-2H3,(H,26,28). The molecule has 1 atom stereocenters. The molecule has 2 aromatic rings. The lowest BCUT2D eigenvalue weighted by Crippen LogP contribution is -2.43. The predicted octanol–water partition coefficient (Wildman–Crippen LogP) is 4.08. The van der Waals surface area contributed by atoms with Crippen molar-refractivity contribution in [2.24, 2.45) is 0 Å². The lowest BCUT2D eigenvalue weighted by Gasteiger charge is -2.35. The van der Waals surface area contributed by atoms with E-state index in [-0.39, 0.29) is 17.8 Å². The maximum Gasteiger partial charge on any atom is 0.251 e. The van der Waals surface area contributed by atoms with Crippen LogP contribution in [0.1, 0.15) is 35.3 Å². The van der Waals surface area contributed by atoms with E-state index < -0.39 is 0 Å². The van der Waals surface area contributed by atoms with E-state index in [0.717, 1.165) is 25.1 Å². The van der Waals surface area contributed by atoms with Crippen molar-refractivity contribution in [2.45, 2.75) is 19.4 Å². The molecule has 1 N–H and O–H groups in total. The molecule has 1 unspecified atom stereocenters. The molecule has 2 aromatic carbocycles. The zero-order valence-electron chi connectivity index (χ0n) is 17.8. The normalized spacial score (nSPS) is 15.4. The SMILES string of the molecule is CCCOc1c(Cl)cc(C(=O)NCC(c2ccc(F)cc2)N2CCOCC2)cc1OC. The van der Waals surface area contributed by atoms with Crippen LogP contribution < -0.4 is 14.8 Å². The second-order valence-electron chi connectivity index (χ2n) is 7.26. The largest absolute Gasteiger partial charge is 0.493 e. The molecule has 0 bridgehead atoms. The smallest absolute Gasteiger partial charge is 0.251 e. The maximum atomic E-state index is 13.4. The highest BCUT2D eigenvalue weighted by atomic mass is 35.5. The summed E-state index contributed by atoms with van der Waals surface area (Å²) in [6.07, 6.45) is 0.827. The second kappa shape index (κ2) is 11.3. The molecule has 1 fully saturated rings. The summed E-state index contributed by atoms with van der Waals surface area (Å²) in [6, 6.07) is 9.47. The summed E-state index contributed by atoms with van der Waals surface area (Å²) in [7, 11) is 1.51. The van der Waals surface area contributed by atoms with E-state index in [9.17, 15) is 9.18 Å². The Kier molecular flexibility index (Phi) is 8.51. The van der Waals surface area contributed by atoms with Crippen molar-refractivity contribution in [3.05, 3.63) is 58.4 Å².